The van der Waals surface area contributed by atoms with Gasteiger partial charge in [-0.2, -0.15) is 4.98 Å². The van der Waals surface area contributed by atoms with Gasteiger partial charge in [-0.25, -0.2) is 22.5 Å². The van der Waals surface area contributed by atoms with Gasteiger partial charge in [0.2, 0.25) is 16.0 Å². The van der Waals surface area contributed by atoms with E-state index in [0.29, 0.717) is 53.5 Å². The maximum Gasteiger partial charge on any atom is 0.228 e. The third-order valence-electron chi connectivity index (χ3n) is 7.97. The van der Waals surface area contributed by atoms with E-state index >= 15 is 4.39 Å². The molecule has 9 nitrogen and oxygen atoms in total. The lowest BCUT2D eigenvalue weighted by atomic mass is 9.96. The van der Waals surface area contributed by atoms with Crippen molar-refractivity contribution in [1.82, 2.24) is 20.0 Å². The van der Waals surface area contributed by atoms with E-state index in [0.717, 1.165) is 43.0 Å². The number of hydrogen-bond acceptors (Lipinski definition) is 8. The van der Waals surface area contributed by atoms with Crippen molar-refractivity contribution in [3.05, 3.63) is 54.3 Å². The van der Waals surface area contributed by atoms with E-state index in [4.69, 9.17) is 4.98 Å². The first kappa shape index (κ1) is 24.5. The summed E-state index contributed by atoms with van der Waals surface area (Å²) in [5.41, 5.74) is 1.16. The molecular formula is C28H29FN6O3S. The molecule has 2 atom stereocenters. The average molecular weight is 549 g/mol. The molecule has 4 aromatic rings. The minimum Gasteiger partial charge on any atom is -0.508 e. The molecule has 3 aromatic carbocycles. The minimum atomic E-state index is -3.33. The van der Waals surface area contributed by atoms with Crippen LogP contribution >= 0.6 is 0 Å². The second-order valence-corrected chi connectivity index (χ2v) is 12.7. The first-order valence-electron chi connectivity index (χ1n) is 13.2. The predicted octanol–water partition coefficient (Wildman–Crippen LogP) is 2.97. The third kappa shape index (κ3) is 4.44. The van der Waals surface area contributed by atoms with Crippen LogP contribution in [0.15, 0.2) is 48.5 Å². The monoisotopic (exact) mass is 548 g/mol. The Balaban J connectivity index is 1.36. The van der Waals surface area contributed by atoms with Gasteiger partial charge >= 0.3 is 0 Å². The maximum atomic E-state index is 16.5. The van der Waals surface area contributed by atoms with E-state index in [1.54, 1.807) is 18.2 Å². The normalized spacial score (nSPS) is 21.6. The Labute approximate surface area is 225 Å². The summed E-state index contributed by atoms with van der Waals surface area (Å²) in [7, 11) is -3.33. The summed E-state index contributed by atoms with van der Waals surface area (Å²) in [6, 6.07) is 14.9. The van der Waals surface area contributed by atoms with Crippen molar-refractivity contribution in [3.8, 4) is 16.9 Å². The fourth-order valence-electron chi connectivity index (χ4n) is 6.23. The molecule has 0 amide bonds. The number of anilines is 2. The van der Waals surface area contributed by atoms with Crippen LogP contribution in [0.4, 0.5) is 16.2 Å². The average Bonchev–Trinajstić information content (AvgIpc) is 3.22. The van der Waals surface area contributed by atoms with E-state index in [-0.39, 0.29) is 17.3 Å². The van der Waals surface area contributed by atoms with Crippen LogP contribution in [-0.4, -0.2) is 74.1 Å². The Morgan fingerprint density at radius 2 is 1.69 bits per heavy atom. The van der Waals surface area contributed by atoms with Gasteiger partial charge < -0.3 is 20.2 Å². The summed E-state index contributed by atoms with van der Waals surface area (Å²) in [4.78, 5) is 13.7. The van der Waals surface area contributed by atoms with Gasteiger partial charge in [-0.15, -0.1) is 0 Å². The number of aromatic nitrogens is 2. The number of phenols is 1. The first-order valence-corrected chi connectivity index (χ1v) is 15.1. The summed E-state index contributed by atoms with van der Waals surface area (Å²) >= 11 is 0. The molecular weight excluding hydrogens is 519 g/mol. The molecule has 7 rings (SSSR count). The van der Waals surface area contributed by atoms with E-state index in [1.807, 2.05) is 35.2 Å². The van der Waals surface area contributed by atoms with Crippen molar-refractivity contribution < 1.29 is 17.9 Å². The number of aromatic hydroxyl groups is 1. The first-order chi connectivity index (χ1) is 18.7. The number of nitrogens with one attached hydrogen (secondary N) is 2. The molecule has 0 aliphatic carbocycles. The van der Waals surface area contributed by atoms with Crippen molar-refractivity contribution in [3.63, 3.8) is 0 Å². The molecule has 3 aliphatic rings. The Morgan fingerprint density at radius 1 is 0.949 bits per heavy atom. The number of rotatable bonds is 5. The Morgan fingerprint density at radius 3 is 2.44 bits per heavy atom. The molecule has 0 radical (unpaired) electrons. The molecule has 0 spiro atoms. The van der Waals surface area contributed by atoms with E-state index in [1.165, 1.54) is 0 Å². The van der Waals surface area contributed by atoms with Gasteiger partial charge in [0, 0.05) is 49.2 Å². The van der Waals surface area contributed by atoms with Gasteiger partial charge in [-0.05, 0) is 47.4 Å². The Kier molecular flexibility index (Phi) is 5.66. The summed E-state index contributed by atoms with van der Waals surface area (Å²) in [6.07, 6.45) is 3.34. The van der Waals surface area contributed by atoms with Gasteiger partial charge in [0.15, 0.2) is 5.82 Å². The SMILES string of the molecule is CS(=O)(=O)NC1CN(c2nc(N3C[C@H]4CC[C@@H](C3)N4)c3ccc(-c4cc(O)cc5ccccc45)c(F)c3n2)C1. The molecule has 39 heavy (non-hydrogen) atoms. The Hall–Kier alpha value is -3.54. The molecule has 0 unspecified atom stereocenters. The maximum absolute atomic E-state index is 16.5. The van der Waals surface area contributed by atoms with Crippen LogP contribution in [0.5, 0.6) is 5.75 Å². The lowest BCUT2D eigenvalue weighted by molar-refractivity contribution is 0.458. The smallest absolute Gasteiger partial charge is 0.228 e. The number of hydrogen-bond donors (Lipinski definition) is 3. The number of nitrogens with zero attached hydrogens (tertiary/aromatic N) is 4. The van der Waals surface area contributed by atoms with E-state index < -0.39 is 15.8 Å². The fourth-order valence-corrected chi connectivity index (χ4v) is 6.99. The number of sulfonamides is 1. The van der Waals surface area contributed by atoms with Crippen LogP contribution < -0.4 is 19.8 Å². The highest BCUT2D eigenvalue weighted by Gasteiger charge is 2.36. The van der Waals surface area contributed by atoms with Gasteiger partial charge in [0.1, 0.15) is 17.1 Å². The highest BCUT2D eigenvalue weighted by Crippen LogP contribution is 2.39. The predicted molar refractivity (Wildman–Crippen MR) is 150 cm³/mol. The molecule has 11 heteroatoms. The zero-order valence-corrected chi connectivity index (χ0v) is 22.2. The molecule has 202 valence electrons. The van der Waals surface area contributed by atoms with Crippen LogP contribution in [0, 0.1) is 5.82 Å². The van der Waals surface area contributed by atoms with Gasteiger partial charge in [0.25, 0.3) is 0 Å². The number of piperazine rings is 1. The number of halogens is 1. The van der Waals surface area contributed by atoms with E-state index in [9.17, 15) is 13.5 Å². The van der Waals surface area contributed by atoms with Crippen molar-refractivity contribution in [2.75, 3.05) is 42.2 Å². The quantitative estimate of drug-likeness (QED) is 0.349. The van der Waals surface area contributed by atoms with Crippen molar-refractivity contribution in [2.24, 2.45) is 0 Å². The molecule has 3 fully saturated rings. The Bertz CT molecular complexity index is 1710. The fraction of sp³-hybridized carbons (Fsp3) is 0.357. The molecule has 0 saturated carbocycles. The topological polar surface area (TPSA) is 111 Å². The lowest BCUT2D eigenvalue weighted by Gasteiger charge is -2.40. The second-order valence-electron chi connectivity index (χ2n) is 10.9. The zero-order valence-electron chi connectivity index (χ0n) is 21.4. The molecule has 3 N–H and O–H groups in total. The van der Waals surface area contributed by atoms with Crippen LogP contribution in [0.2, 0.25) is 0 Å². The third-order valence-corrected chi connectivity index (χ3v) is 8.73. The van der Waals surface area contributed by atoms with Crippen molar-refractivity contribution in [2.45, 2.75) is 31.0 Å². The summed E-state index contributed by atoms with van der Waals surface area (Å²) in [5.74, 6) is 0.664. The number of phenolic OH excluding ortho intramolecular Hbond substituents is 1. The highest BCUT2D eigenvalue weighted by molar-refractivity contribution is 7.88. The second kappa shape index (κ2) is 9.00. The minimum absolute atomic E-state index is 0.0635. The van der Waals surface area contributed by atoms with Crippen LogP contribution in [-0.2, 0) is 10.0 Å². The largest absolute Gasteiger partial charge is 0.508 e. The number of benzene rings is 3. The molecule has 3 aliphatic heterocycles. The molecule has 4 heterocycles. The zero-order chi connectivity index (χ0) is 26.9. The highest BCUT2D eigenvalue weighted by atomic mass is 32.2. The molecule has 1 aromatic heterocycles. The van der Waals surface area contributed by atoms with E-state index in [2.05, 4.69) is 19.9 Å². The van der Waals surface area contributed by atoms with Crippen molar-refractivity contribution in [1.29, 1.82) is 0 Å². The summed E-state index contributed by atoms with van der Waals surface area (Å²) < 4.78 is 42.4. The van der Waals surface area contributed by atoms with Crippen LogP contribution in [0.3, 0.4) is 0 Å². The van der Waals surface area contributed by atoms with Gasteiger partial charge in [-0.3, -0.25) is 0 Å². The van der Waals surface area contributed by atoms with Crippen molar-refractivity contribution >= 4 is 43.5 Å². The lowest BCUT2D eigenvalue weighted by Crippen LogP contribution is -2.59. The van der Waals surface area contributed by atoms with Gasteiger partial charge in [0.05, 0.1) is 12.3 Å². The van der Waals surface area contributed by atoms with Crippen LogP contribution in [0.25, 0.3) is 32.8 Å². The molecule has 2 bridgehead atoms. The standard InChI is InChI=1S/C28H29FN6O3S/c1-39(37,38)33-19-14-35(15-19)28-31-26-23(27(32-28)34-12-17-6-7-18(13-34)30-17)9-8-22(25(26)29)24-11-20(36)10-16-4-2-3-5-21(16)24/h2-5,8-11,17-19,30,33,36H,6-7,12-15H2,1H3/t17-,18+. The molecule has 3 saturated heterocycles. The number of fused-ring (bicyclic) bond motifs is 4. The van der Waals surface area contributed by atoms with Gasteiger partial charge in [-0.1, -0.05) is 30.3 Å². The summed E-state index contributed by atoms with van der Waals surface area (Å²) in [5, 5.41) is 16.3. The summed E-state index contributed by atoms with van der Waals surface area (Å²) in [6.45, 7) is 2.37. The van der Waals surface area contributed by atoms with Crippen LogP contribution in [0.1, 0.15) is 12.8 Å².